The third-order valence-corrected chi connectivity index (χ3v) is 2.96. The van der Waals surface area contributed by atoms with E-state index in [1.807, 2.05) is 30.3 Å². The Kier molecular flexibility index (Phi) is 5.10. The lowest BCUT2D eigenvalue weighted by Gasteiger charge is -2.06. The molecule has 0 N–H and O–H groups in total. The van der Waals surface area contributed by atoms with E-state index >= 15 is 0 Å². The summed E-state index contributed by atoms with van der Waals surface area (Å²) in [6.07, 6.45) is 1.41. The van der Waals surface area contributed by atoms with Gasteiger partial charge in [-0.2, -0.15) is 0 Å². The zero-order valence-corrected chi connectivity index (χ0v) is 11.9. The van der Waals surface area contributed by atoms with Crippen molar-refractivity contribution in [3.05, 3.63) is 70.9 Å². The minimum Gasteiger partial charge on any atom is -0.624 e. The van der Waals surface area contributed by atoms with E-state index in [0.717, 1.165) is 5.56 Å². The van der Waals surface area contributed by atoms with Gasteiger partial charge in [0.1, 0.15) is 19.4 Å². The summed E-state index contributed by atoms with van der Waals surface area (Å²) < 4.78 is 6.28. The third-order valence-electron chi connectivity index (χ3n) is 2.96. The van der Waals surface area contributed by atoms with Crippen LogP contribution in [-0.4, -0.2) is 23.8 Å². The van der Waals surface area contributed by atoms with Crippen molar-refractivity contribution in [3.63, 3.8) is 0 Å². The first-order valence-electron chi connectivity index (χ1n) is 6.68. The van der Waals surface area contributed by atoms with Gasteiger partial charge in [0.05, 0.1) is 6.42 Å². The molecule has 21 heavy (non-hydrogen) atoms. The molecule has 0 aliphatic heterocycles. The summed E-state index contributed by atoms with van der Waals surface area (Å²) in [7, 11) is 1.35. The number of Topliss-reactive ketones (excluding diaryl/α,β-unsaturated/α-hetero) is 1. The van der Waals surface area contributed by atoms with E-state index < -0.39 is 0 Å². The van der Waals surface area contributed by atoms with Crippen molar-refractivity contribution in [3.8, 4) is 5.75 Å². The van der Waals surface area contributed by atoms with Crippen molar-refractivity contribution in [2.45, 2.75) is 13.0 Å². The lowest BCUT2D eigenvalue weighted by Crippen LogP contribution is -2.05. The van der Waals surface area contributed by atoms with Gasteiger partial charge in [0.2, 0.25) is 0 Å². The molecular weight excluding hydrogens is 266 g/mol. The molecule has 0 atom stereocenters. The smallest absolute Gasteiger partial charge is 0.172 e. The van der Waals surface area contributed by atoms with Crippen LogP contribution in [0.15, 0.2) is 54.6 Å². The van der Waals surface area contributed by atoms with Gasteiger partial charge in [-0.3, -0.25) is 4.79 Å². The van der Waals surface area contributed by atoms with Crippen LogP contribution in [0.2, 0.25) is 0 Å². The summed E-state index contributed by atoms with van der Waals surface area (Å²) >= 11 is 0. The molecule has 0 radical (unpaired) electrons. The summed E-state index contributed by atoms with van der Waals surface area (Å²) in [5, 5.41) is 10.7. The maximum Gasteiger partial charge on any atom is 0.172 e. The van der Waals surface area contributed by atoms with E-state index in [2.05, 4.69) is 0 Å². The molecule has 0 aromatic heterocycles. The van der Waals surface area contributed by atoms with Crippen molar-refractivity contribution < 1.29 is 14.3 Å². The average Bonchev–Trinajstić information content (AvgIpc) is 2.52. The van der Waals surface area contributed by atoms with E-state index in [0.29, 0.717) is 22.7 Å². The zero-order valence-electron chi connectivity index (χ0n) is 11.9. The number of ketones is 1. The molecule has 0 aliphatic rings. The number of carbonyl (C=O) groups is 1. The van der Waals surface area contributed by atoms with Crippen LogP contribution in [0.5, 0.6) is 5.75 Å². The van der Waals surface area contributed by atoms with Crippen LogP contribution >= 0.6 is 0 Å². The number of hydrogen-bond acceptors (Lipinski definition) is 3. The first kappa shape index (κ1) is 14.8. The lowest BCUT2D eigenvalue weighted by atomic mass is 10.1. The van der Waals surface area contributed by atoms with Crippen LogP contribution in [-0.2, 0) is 6.61 Å². The Balaban J connectivity index is 1.93. The number of ether oxygens (including phenoxy) is 1. The molecule has 4 heteroatoms. The molecule has 0 bridgehead atoms. The number of hydroxylamine groups is 1. The minimum atomic E-state index is -0.0905. The molecule has 4 nitrogen and oxygen atoms in total. The highest BCUT2D eigenvalue weighted by Gasteiger charge is 2.06. The standard InChI is InChI=1S/C17H17NO3/c1-18(20)12-11-17(19)15-7-9-16(10-8-15)21-13-14-5-3-2-4-6-14/h2-10,12H,11,13H2,1H3/b18-12-. The highest BCUT2D eigenvalue weighted by Crippen LogP contribution is 2.15. The average molecular weight is 283 g/mol. The van der Waals surface area contributed by atoms with Crippen molar-refractivity contribution >= 4 is 12.0 Å². The highest BCUT2D eigenvalue weighted by atomic mass is 16.5. The summed E-state index contributed by atoms with van der Waals surface area (Å²) in [6.45, 7) is 0.489. The number of benzene rings is 2. The van der Waals surface area contributed by atoms with Gasteiger partial charge in [-0.25, -0.2) is 4.74 Å². The van der Waals surface area contributed by atoms with Crippen molar-refractivity contribution in [1.29, 1.82) is 0 Å². The quantitative estimate of drug-likeness (QED) is 0.269. The fourth-order valence-corrected chi connectivity index (χ4v) is 1.81. The van der Waals surface area contributed by atoms with Crippen LogP contribution in [0.4, 0.5) is 0 Å². The largest absolute Gasteiger partial charge is 0.624 e. The Bertz CT molecular complexity index is 614. The second kappa shape index (κ2) is 7.24. The Hall–Kier alpha value is -2.62. The van der Waals surface area contributed by atoms with Gasteiger partial charge >= 0.3 is 0 Å². The van der Waals surface area contributed by atoms with E-state index in [-0.39, 0.29) is 12.2 Å². The number of carbonyl (C=O) groups excluding carboxylic acids is 1. The molecular formula is C17H17NO3. The van der Waals surface area contributed by atoms with Gasteiger partial charge in [-0.05, 0) is 29.8 Å². The van der Waals surface area contributed by atoms with Gasteiger partial charge < -0.3 is 9.94 Å². The van der Waals surface area contributed by atoms with E-state index in [4.69, 9.17) is 4.74 Å². The van der Waals surface area contributed by atoms with Crippen LogP contribution in [0.25, 0.3) is 0 Å². The summed E-state index contributed by atoms with van der Waals surface area (Å²) in [4.78, 5) is 11.8. The predicted octanol–water partition coefficient (Wildman–Crippen LogP) is 3.05. The molecule has 0 fully saturated rings. The molecule has 108 valence electrons. The van der Waals surface area contributed by atoms with Crippen molar-refractivity contribution in [1.82, 2.24) is 0 Å². The summed E-state index contributed by atoms with van der Waals surface area (Å²) in [6, 6.07) is 16.8. The fourth-order valence-electron chi connectivity index (χ4n) is 1.81. The molecule has 0 heterocycles. The maximum absolute atomic E-state index is 11.8. The molecule has 0 saturated heterocycles. The first-order valence-corrected chi connectivity index (χ1v) is 6.68. The summed E-state index contributed by atoms with van der Waals surface area (Å²) in [5.74, 6) is 0.618. The topological polar surface area (TPSA) is 52.4 Å². The van der Waals surface area contributed by atoms with Crippen LogP contribution in [0.3, 0.4) is 0 Å². The maximum atomic E-state index is 11.8. The molecule has 0 amide bonds. The van der Waals surface area contributed by atoms with E-state index in [9.17, 15) is 10.0 Å². The van der Waals surface area contributed by atoms with Crippen LogP contribution < -0.4 is 4.74 Å². The van der Waals surface area contributed by atoms with Gasteiger partial charge in [0, 0.05) is 5.56 Å². The SMILES string of the molecule is C/[N+]([O-])=C/CC(=O)c1ccc(OCc2ccccc2)cc1. The van der Waals surface area contributed by atoms with Crippen molar-refractivity contribution in [2.24, 2.45) is 0 Å². The van der Waals surface area contributed by atoms with Crippen LogP contribution in [0, 0.1) is 5.21 Å². The second-order valence-corrected chi connectivity index (χ2v) is 4.65. The number of rotatable bonds is 6. The molecule has 0 spiro atoms. The number of nitrogens with zero attached hydrogens (tertiary/aromatic N) is 1. The molecule has 2 rings (SSSR count). The minimum absolute atomic E-state index is 0.0905. The van der Waals surface area contributed by atoms with E-state index in [1.165, 1.54) is 13.3 Å². The molecule has 0 saturated carbocycles. The highest BCUT2D eigenvalue weighted by molar-refractivity contribution is 6.02. The molecule has 2 aromatic carbocycles. The monoisotopic (exact) mass is 283 g/mol. The summed E-state index contributed by atoms with van der Waals surface area (Å²) in [5.41, 5.74) is 1.66. The number of hydrogen-bond donors (Lipinski definition) is 0. The molecule has 0 unspecified atom stereocenters. The molecule has 0 aliphatic carbocycles. The van der Waals surface area contributed by atoms with Gasteiger partial charge in [-0.15, -0.1) is 0 Å². The first-order chi connectivity index (χ1) is 10.1. The van der Waals surface area contributed by atoms with Gasteiger partial charge in [0.25, 0.3) is 0 Å². The Morgan fingerprint density at radius 1 is 1.14 bits per heavy atom. The van der Waals surface area contributed by atoms with Crippen molar-refractivity contribution in [2.75, 3.05) is 7.05 Å². The molecule has 2 aromatic rings. The third kappa shape index (κ3) is 4.76. The zero-order chi connectivity index (χ0) is 15.1. The second-order valence-electron chi connectivity index (χ2n) is 4.65. The van der Waals surface area contributed by atoms with Gasteiger partial charge in [-0.1, -0.05) is 30.3 Å². The Morgan fingerprint density at radius 2 is 1.81 bits per heavy atom. The van der Waals surface area contributed by atoms with Gasteiger partial charge in [0.15, 0.2) is 12.0 Å². The fraction of sp³-hybridized carbons (Fsp3) is 0.176. The normalized spacial score (nSPS) is 11.2. The Labute approximate surface area is 123 Å². The Morgan fingerprint density at radius 3 is 2.43 bits per heavy atom. The van der Waals surface area contributed by atoms with Crippen LogP contribution in [0.1, 0.15) is 22.3 Å². The lowest BCUT2D eigenvalue weighted by molar-refractivity contribution is -0.418. The predicted molar refractivity (Wildman–Crippen MR) is 81.8 cm³/mol. The van der Waals surface area contributed by atoms with E-state index in [1.54, 1.807) is 24.3 Å².